The second-order valence-electron chi connectivity index (χ2n) is 4.79. The molecule has 110 valence electrons. The van der Waals surface area contributed by atoms with E-state index < -0.39 is 0 Å². The Morgan fingerprint density at radius 2 is 1.86 bits per heavy atom. The molecule has 3 aromatic rings. The van der Waals surface area contributed by atoms with Crippen molar-refractivity contribution in [2.75, 3.05) is 5.32 Å². The summed E-state index contributed by atoms with van der Waals surface area (Å²) in [6.45, 7) is 0.500. The fourth-order valence-corrected chi connectivity index (χ4v) is 2.18. The van der Waals surface area contributed by atoms with Crippen molar-refractivity contribution in [3.05, 3.63) is 78.9 Å². The SMILES string of the molecule is NC(=NCc1ccccc1-n1ccnc1)Nc1ccccc1. The van der Waals surface area contributed by atoms with Crippen molar-refractivity contribution in [1.82, 2.24) is 9.55 Å². The van der Waals surface area contributed by atoms with Crippen LogP contribution in [0.15, 0.2) is 78.3 Å². The van der Waals surface area contributed by atoms with Crippen LogP contribution in [0.5, 0.6) is 0 Å². The highest BCUT2D eigenvalue weighted by Crippen LogP contribution is 2.15. The van der Waals surface area contributed by atoms with Gasteiger partial charge < -0.3 is 15.6 Å². The number of benzene rings is 2. The molecule has 0 spiro atoms. The second kappa shape index (κ2) is 6.58. The Labute approximate surface area is 129 Å². The topological polar surface area (TPSA) is 68.2 Å². The zero-order chi connectivity index (χ0) is 15.2. The number of hydrogen-bond acceptors (Lipinski definition) is 2. The Morgan fingerprint density at radius 3 is 2.64 bits per heavy atom. The minimum atomic E-state index is 0.395. The van der Waals surface area contributed by atoms with Crippen LogP contribution < -0.4 is 11.1 Å². The molecule has 0 aliphatic carbocycles. The molecule has 5 nitrogen and oxygen atoms in total. The van der Waals surface area contributed by atoms with Crippen molar-refractivity contribution in [2.45, 2.75) is 6.54 Å². The lowest BCUT2D eigenvalue weighted by Crippen LogP contribution is -2.22. The number of rotatable bonds is 4. The lowest BCUT2D eigenvalue weighted by atomic mass is 10.2. The van der Waals surface area contributed by atoms with Gasteiger partial charge in [0.2, 0.25) is 0 Å². The number of guanidine groups is 1. The van der Waals surface area contributed by atoms with E-state index in [1.54, 1.807) is 12.5 Å². The molecule has 0 unspecified atom stereocenters. The predicted octanol–water partition coefficient (Wildman–Crippen LogP) is 2.80. The number of aliphatic imine (C=N–C) groups is 1. The van der Waals surface area contributed by atoms with Gasteiger partial charge in [0.1, 0.15) is 0 Å². The van der Waals surface area contributed by atoms with Gasteiger partial charge in [-0.05, 0) is 23.8 Å². The molecule has 22 heavy (non-hydrogen) atoms. The number of hydrogen-bond donors (Lipinski definition) is 2. The maximum Gasteiger partial charge on any atom is 0.193 e. The lowest BCUT2D eigenvalue weighted by molar-refractivity contribution is 0.980. The van der Waals surface area contributed by atoms with Crippen molar-refractivity contribution in [2.24, 2.45) is 10.7 Å². The van der Waals surface area contributed by atoms with Crippen LogP contribution in [-0.2, 0) is 6.54 Å². The molecule has 0 saturated carbocycles. The summed E-state index contributed by atoms with van der Waals surface area (Å²) in [6.07, 6.45) is 5.44. The maximum atomic E-state index is 5.94. The van der Waals surface area contributed by atoms with Crippen molar-refractivity contribution < 1.29 is 0 Å². The van der Waals surface area contributed by atoms with E-state index in [4.69, 9.17) is 5.73 Å². The smallest absolute Gasteiger partial charge is 0.193 e. The highest BCUT2D eigenvalue weighted by Gasteiger charge is 2.03. The molecule has 2 aromatic carbocycles. The average Bonchev–Trinajstić information content (AvgIpc) is 3.08. The molecule has 0 bridgehead atoms. The van der Waals surface area contributed by atoms with Crippen molar-refractivity contribution >= 4 is 11.6 Å². The van der Waals surface area contributed by atoms with E-state index in [1.165, 1.54) is 0 Å². The van der Waals surface area contributed by atoms with Crippen molar-refractivity contribution in [3.63, 3.8) is 0 Å². The minimum Gasteiger partial charge on any atom is -0.370 e. The molecular weight excluding hydrogens is 274 g/mol. The summed E-state index contributed by atoms with van der Waals surface area (Å²) in [5.41, 5.74) is 9.00. The highest BCUT2D eigenvalue weighted by atomic mass is 15.1. The number of aromatic nitrogens is 2. The van der Waals surface area contributed by atoms with E-state index in [2.05, 4.69) is 15.3 Å². The molecular formula is C17H17N5. The Kier molecular flexibility index (Phi) is 4.15. The van der Waals surface area contributed by atoms with Crippen LogP contribution in [0.1, 0.15) is 5.56 Å². The zero-order valence-electron chi connectivity index (χ0n) is 12.1. The first-order valence-electron chi connectivity index (χ1n) is 7.01. The normalized spacial score (nSPS) is 11.4. The van der Waals surface area contributed by atoms with Crippen LogP contribution in [0, 0.1) is 0 Å². The van der Waals surface area contributed by atoms with Gasteiger partial charge in [-0.25, -0.2) is 9.98 Å². The molecule has 0 fully saturated rings. The number of anilines is 1. The van der Waals surface area contributed by atoms with Gasteiger partial charge in [0.25, 0.3) is 0 Å². The Morgan fingerprint density at radius 1 is 1.09 bits per heavy atom. The quantitative estimate of drug-likeness (QED) is 0.573. The highest BCUT2D eigenvalue weighted by molar-refractivity contribution is 5.92. The van der Waals surface area contributed by atoms with E-state index in [0.717, 1.165) is 16.9 Å². The monoisotopic (exact) mass is 291 g/mol. The lowest BCUT2D eigenvalue weighted by Gasteiger charge is -2.09. The molecule has 3 rings (SSSR count). The number of nitrogens with two attached hydrogens (primary N) is 1. The van der Waals surface area contributed by atoms with Gasteiger partial charge in [0.05, 0.1) is 18.6 Å². The average molecular weight is 291 g/mol. The van der Waals surface area contributed by atoms with Crippen molar-refractivity contribution in [1.29, 1.82) is 0 Å². The van der Waals surface area contributed by atoms with Crippen LogP contribution >= 0.6 is 0 Å². The Balaban J connectivity index is 1.75. The summed E-state index contributed by atoms with van der Waals surface area (Å²) in [5, 5.41) is 3.07. The van der Waals surface area contributed by atoms with Gasteiger partial charge in [-0.2, -0.15) is 0 Å². The van der Waals surface area contributed by atoms with Gasteiger partial charge >= 0.3 is 0 Å². The summed E-state index contributed by atoms with van der Waals surface area (Å²) in [6, 6.07) is 17.8. The molecule has 0 atom stereocenters. The van der Waals surface area contributed by atoms with E-state index in [9.17, 15) is 0 Å². The van der Waals surface area contributed by atoms with Crippen molar-refractivity contribution in [3.8, 4) is 5.69 Å². The first-order chi connectivity index (χ1) is 10.8. The molecule has 1 heterocycles. The molecule has 0 aliphatic heterocycles. The van der Waals surface area contributed by atoms with Crippen LogP contribution in [-0.4, -0.2) is 15.5 Å². The molecule has 0 amide bonds. The standard InChI is InChI=1S/C17H17N5/c18-17(21-15-7-2-1-3-8-15)20-12-14-6-4-5-9-16(14)22-11-10-19-13-22/h1-11,13H,12H2,(H3,18,20,21). The summed E-state index contributed by atoms with van der Waals surface area (Å²) < 4.78 is 1.96. The number of para-hydroxylation sites is 2. The molecule has 1 aromatic heterocycles. The molecule has 0 saturated heterocycles. The Bertz CT molecular complexity index is 748. The fraction of sp³-hybridized carbons (Fsp3) is 0.0588. The zero-order valence-corrected chi connectivity index (χ0v) is 12.1. The van der Waals surface area contributed by atoms with Gasteiger partial charge in [0.15, 0.2) is 5.96 Å². The van der Waals surface area contributed by atoms with E-state index >= 15 is 0 Å². The van der Waals surface area contributed by atoms with Gasteiger partial charge in [-0.1, -0.05) is 36.4 Å². The van der Waals surface area contributed by atoms with E-state index in [-0.39, 0.29) is 0 Å². The summed E-state index contributed by atoms with van der Waals surface area (Å²) in [7, 11) is 0. The van der Waals surface area contributed by atoms with E-state index in [0.29, 0.717) is 12.5 Å². The first-order valence-corrected chi connectivity index (χ1v) is 7.01. The third-order valence-electron chi connectivity index (χ3n) is 3.24. The minimum absolute atomic E-state index is 0.395. The number of nitrogens with zero attached hydrogens (tertiary/aromatic N) is 3. The summed E-state index contributed by atoms with van der Waals surface area (Å²) >= 11 is 0. The molecule has 5 heteroatoms. The molecule has 0 aliphatic rings. The van der Waals surface area contributed by atoms with Crippen LogP contribution in [0.2, 0.25) is 0 Å². The maximum absolute atomic E-state index is 5.94. The third kappa shape index (κ3) is 3.32. The van der Waals surface area contributed by atoms with Gasteiger partial charge in [0, 0.05) is 18.1 Å². The van der Waals surface area contributed by atoms with Crippen LogP contribution in [0.4, 0.5) is 5.69 Å². The number of nitrogens with one attached hydrogen (secondary N) is 1. The first kappa shape index (κ1) is 13.9. The third-order valence-corrected chi connectivity index (χ3v) is 3.24. The fourth-order valence-electron chi connectivity index (χ4n) is 2.18. The number of imidazole rings is 1. The Hall–Kier alpha value is -3.08. The predicted molar refractivity (Wildman–Crippen MR) is 89.0 cm³/mol. The van der Waals surface area contributed by atoms with Gasteiger partial charge in [-0.3, -0.25) is 0 Å². The van der Waals surface area contributed by atoms with Gasteiger partial charge in [-0.15, -0.1) is 0 Å². The summed E-state index contributed by atoms with van der Waals surface area (Å²) in [5.74, 6) is 0.395. The molecule has 3 N–H and O–H groups in total. The van der Waals surface area contributed by atoms with Crippen LogP contribution in [0.3, 0.4) is 0 Å². The van der Waals surface area contributed by atoms with E-state index in [1.807, 2.05) is 65.4 Å². The molecule has 0 radical (unpaired) electrons. The summed E-state index contributed by atoms with van der Waals surface area (Å²) in [4.78, 5) is 8.49. The second-order valence-corrected chi connectivity index (χ2v) is 4.79. The van der Waals surface area contributed by atoms with Crippen LogP contribution in [0.25, 0.3) is 5.69 Å². The largest absolute Gasteiger partial charge is 0.370 e.